The fourth-order valence-corrected chi connectivity index (χ4v) is 1.58. The van der Waals surface area contributed by atoms with Crippen molar-refractivity contribution in [2.45, 2.75) is 19.8 Å². The Labute approximate surface area is 91.8 Å². The van der Waals surface area contributed by atoms with Crippen LogP contribution >= 0.6 is 0 Å². The molecule has 84 valence electrons. The summed E-state index contributed by atoms with van der Waals surface area (Å²) in [6.07, 6.45) is 2.86. The standard InChI is InChI=1S/C10H11FN4O/c1-6-2-3-7-8(12-4-6)9(13-5-16)15-10(11)14-7/h4-6H,2-3H2,1H3,(H,13,14,15,16). The highest BCUT2D eigenvalue weighted by molar-refractivity contribution is 5.80. The molecule has 1 N–H and O–H groups in total. The molecule has 0 spiro atoms. The predicted molar refractivity (Wildman–Crippen MR) is 57.3 cm³/mol. The van der Waals surface area contributed by atoms with Crippen LogP contribution in [-0.2, 0) is 11.2 Å². The van der Waals surface area contributed by atoms with E-state index in [4.69, 9.17) is 0 Å². The second-order valence-corrected chi connectivity index (χ2v) is 3.69. The molecule has 0 fully saturated rings. The average Bonchev–Trinajstić information content (AvgIpc) is 2.42. The summed E-state index contributed by atoms with van der Waals surface area (Å²) in [5.41, 5.74) is 0.996. The Morgan fingerprint density at radius 2 is 2.38 bits per heavy atom. The van der Waals surface area contributed by atoms with Crippen LogP contribution in [0, 0.1) is 12.0 Å². The van der Waals surface area contributed by atoms with E-state index in [-0.39, 0.29) is 5.82 Å². The zero-order valence-corrected chi connectivity index (χ0v) is 8.77. The van der Waals surface area contributed by atoms with Crippen molar-refractivity contribution >= 4 is 24.1 Å². The molecule has 0 radical (unpaired) electrons. The molecule has 0 saturated carbocycles. The Kier molecular flexibility index (Phi) is 2.89. The number of nitrogens with one attached hydrogen (secondary N) is 1. The third-order valence-electron chi connectivity index (χ3n) is 2.42. The summed E-state index contributed by atoms with van der Waals surface area (Å²) in [6, 6.07) is 0. The number of aromatic nitrogens is 2. The Morgan fingerprint density at radius 3 is 3.12 bits per heavy atom. The summed E-state index contributed by atoms with van der Waals surface area (Å²) in [5, 5.41) is 2.33. The maximum Gasteiger partial charge on any atom is 0.310 e. The summed E-state index contributed by atoms with van der Waals surface area (Å²) in [6.45, 7) is 2.02. The van der Waals surface area contributed by atoms with Crippen molar-refractivity contribution in [1.82, 2.24) is 9.97 Å². The third-order valence-corrected chi connectivity index (χ3v) is 2.42. The molecule has 1 amide bonds. The number of hydrogen-bond donors (Lipinski definition) is 1. The van der Waals surface area contributed by atoms with Crippen molar-refractivity contribution in [2.75, 3.05) is 5.32 Å². The number of rotatable bonds is 2. The van der Waals surface area contributed by atoms with Gasteiger partial charge < -0.3 is 5.32 Å². The highest BCUT2D eigenvalue weighted by Gasteiger charge is 2.17. The van der Waals surface area contributed by atoms with Gasteiger partial charge in [0, 0.05) is 6.21 Å². The summed E-state index contributed by atoms with van der Waals surface area (Å²) >= 11 is 0. The fraction of sp³-hybridized carbons (Fsp3) is 0.400. The molecule has 0 aliphatic carbocycles. The molecule has 2 heterocycles. The third kappa shape index (κ3) is 2.05. The van der Waals surface area contributed by atoms with Crippen molar-refractivity contribution in [3.8, 4) is 0 Å². The maximum atomic E-state index is 13.1. The summed E-state index contributed by atoms with van der Waals surface area (Å²) in [5.74, 6) is 0.434. The molecule has 2 rings (SSSR count). The van der Waals surface area contributed by atoms with Crippen LogP contribution in [0.15, 0.2) is 4.99 Å². The molecule has 0 saturated heterocycles. The smallest absolute Gasteiger partial charge is 0.310 e. The zero-order valence-electron chi connectivity index (χ0n) is 8.77. The van der Waals surface area contributed by atoms with Crippen molar-refractivity contribution in [2.24, 2.45) is 10.9 Å². The molecule has 16 heavy (non-hydrogen) atoms. The van der Waals surface area contributed by atoms with Crippen molar-refractivity contribution in [3.05, 3.63) is 11.8 Å². The number of halogens is 1. The van der Waals surface area contributed by atoms with Crippen LogP contribution in [-0.4, -0.2) is 22.6 Å². The van der Waals surface area contributed by atoms with Gasteiger partial charge in [0.15, 0.2) is 5.82 Å². The molecule has 1 aliphatic heterocycles. The second-order valence-electron chi connectivity index (χ2n) is 3.69. The quantitative estimate of drug-likeness (QED) is 0.608. The number of anilines is 1. The molecule has 1 aromatic heterocycles. The highest BCUT2D eigenvalue weighted by atomic mass is 19.1. The average molecular weight is 222 g/mol. The second kappa shape index (κ2) is 4.34. The van der Waals surface area contributed by atoms with E-state index < -0.39 is 6.08 Å². The van der Waals surface area contributed by atoms with Gasteiger partial charge in [-0.2, -0.15) is 9.37 Å². The predicted octanol–water partition coefficient (Wildman–Crippen LogP) is 1.47. The molecular formula is C10H11FN4O. The SMILES string of the molecule is CC1C=Nc2c(nc(F)nc2NC=O)CC1. The molecule has 0 bridgehead atoms. The number of hydrogen-bond acceptors (Lipinski definition) is 4. The van der Waals surface area contributed by atoms with Gasteiger partial charge in [-0.15, -0.1) is 0 Å². The van der Waals surface area contributed by atoms with Gasteiger partial charge in [-0.25, -0.2) is 4.98 Å². The van der Waals surface area contributed by atoms with Crippen LogP contribution in [0.25, 0.3) is 0 Å². The highest BCUT2D eigenvalue weighted by Crippen LogP contribution is 2.29. The Bertz CT molecular complexity index is 447. The van der Waals surface area contributed by atoms with Gasteiger partial charge in [-0.3, -0.25) is 9.79 Å². The van der Waals surface area contributed by atoms with Crippen LogP contribution in [0.1, 0.15) is 19.0 Å². The number of aliphatic imine (C=N–C) groups is 1. The Hall–Kier alpha value is -1.85. The minimum absolute atomic E-state index is 0.128. The molecule has 5 nitrogen and oxygen atoms in total. The minimum atomic E-state index is -0.840. The van der Waals surface area contributed by atoms with Crippen LogP contribution < -0.4 is 5.32 Å². The number of fused-ring (bicyclic) bond motifs is 1. The summed E-state index contributed by atoms with van der Waals surface area (Å²) in [7, 11) is 0. The molecule has 0 aromatic carbocycles. The first kappa shape index (κ1) is 10.7. The number of amides is 1. The Morgan fingerprint density at radius 1 is 1.56 bits per heavy atom. The van der Waals surface area contributed by atoms with E-state index in [1.165, 1.54) is 0 Å². The molecular weight excluding hydrogens is 211 g/mol. The lowest BCUT2D eigenvalue weighted by Gasteiger charge is -2.06. The van der Waals surface area contributed by atoms with E-state index in [1.54, 1.807) is 6.21 Å². The number of carbonyl (C=O) groups is 1. The number of carbonyl (C=O) groups excluding carboxylic acids is 1. The van der Waals surface area contributed by atoms with Crippen molar-refractivity contribution in [1.29, 1.82) is 0 Å². The van der Waals surface area contributed by atoms with E-state index >= 15 is 0 Å². The fourth-order valence-electron chi connectivity index (χ4n) is 1.58. The van der Waals surface area contributed by atoms with Crippen LogP contribution in [0.5, 0.6) is 0 Å². The number of aryl methyl sites for hydroxylation is 1. The van der Waals surface area contributed by atoms with Gasteiger partial charge in [-0.1, -0.05) is 6.92 Å². The number of nitrogens with zero attached hydrogens (tertiary/aromatic N) is 3. The Balaban J connectivity index is 2.50. The lowest BCUT2D eigenvalue weighted by atomic mass is 10.1. The van der Waals surface area contributed by atoms with Crippen LogP contribution in [0.2, 0.25) is 0 Å². The van der Waals surface area contributed by atoms with E-state index in [1.807, 2.05) is 6.92 Å². The largest absolute Gasteiger partial charge is 0.311 e. The van der Waals surface area contributed by atoms with Gasteiger partial charge >= 0.3 is 6.08 Å². The van der Waals surface area contributed by atoms with E-state index in [0.717, 1.165) is 6.42 Å². The van der Waals surface area contributed by atoms with Gasteiger partial charge in [0.25, 0.3) is 0 Å². The van der Waals surface area contributed by atoms with E-state index in [0.29, 0.717) is 30.1 Å². The lowest BCUT2D eigenvalue weighted by Crippen LogP contribution is -2.04. The van der Waals surface area contributed by atoms with Crippen molar-refractivity contribution in [3.63, 3.8) is 0 Å². The lowest BCUT2D eigenvalue weighted by molar-refractivity contribution is -0.105. The molecule has 6 heteroatoms. The van der Waals surface area contributed by atoms with E-state index in [2.05, 4.69) is 20.3 Å². The first-order valence-corrected chi connectivity index (χ1v) is 5.01. The van der Waals surface area contributed by atoms with Gasteiger partial charge in [0.05, 0.1) is 5.69 Å². The topological polar surface area (TPSA) is 67.2 Å². The summed E-state index contributed by atoms with van der Waals surface area (Å²) in [4.78, 5) is 21.8. The van der Waals surface area contributed by atoms with Crippen LogP contribution in [0.3, 0.4) is 0 Å². The maximum absolute atomic E-state index is 13.1. The molecule has 1 aromatic rings. The first-order chi connectivity index (χ1) is 7.70. The first-order valence-electron chi connectivity index (χ1n) is 5.01. The monoisotopic (exact) mass is 222 g/mol. The molecule has 1 atom stereocenters. The molecule has 1 aliphatic rings. The van der Waals surface area contributed by atoms with Gasteiger partial charge in [0.1, 0.15) is 5.69 Å². The van der Waals surface area contributed by atoms with E-state index in [9.17, 15) is 9.18 Å². The zero-order chi connectivity index (χ0) is 11.5. The normalized spacial score (nSPS) is 18.8. The van der Waals surface area contributed by atoms with Gasteiger partial charge in [0.2, 0.25) is 6.41 Å². The van der Waals surface area contributed by atoms with Crippen LogP contribution in [0.4, 0.5) is 15.9 Å². The van der Waals surface area contributed by atoms with Gasteiger partial charge in [-0.05, 0) is 18.8 Å². The summed E-state index contributed by atoms with van der Waals surface area (Å²) < 4.78 is 13.1. The molecule has 1 unspecified atom stereocenters. The minimum Gasteiger partial charge on any atom is -0.311 e. The van der Waals surface area contributed by atoms with Crippen molar-refractivity contribution < 1.29 is 9.18 Å².